The van der Waals surface area contributed by atoms with Gasteiger partial charge < -0.3 is 5.73 Å². The fourth-order valence-corrected chi connectivity index (χ4v) is 3.45. The lowest BCUT2D eigenvalue weighted by molar-refractivity contribution is 0.307. The highest BCUT2D eigenvalue weighted by Gasteiger charge is 2.30. The Morgan fingerprint density at radius 3 is 2.69 bits per heavy atom. The highest BCUT2D eigenvalue weighted by atomic mass is 32.2. The summed E-state index contributed by atoms with van der Waals surface area (Å²) in [6.07, 6.45) is 1.68. The van der Waals surface area contributed by atoms with Gasteiger partial charge in [-0.15, -0.1) is 0 Å². The van der Waals surface area contributed by atoms with Crippen molar-refractivity contribution in [3.05, 3.63) is 0 Å². The summed E-state index contributed by atoms with van der Waals surface area (Å²) >= 11 is 4.91. The molecule has 0 aromatic heterocycles. The van der Waals surface area contributed by atoms with Gasteiger partial charge in [0.2, 0.25) is 0 Å². The minimum Gasteiger partial charge on any atom is -0.393 e. The third-order valence-electron chi connectivity index (χ3n) is 2.51. The van der Waals surface area contributed by atoms with Crippen LogP contribution in [-0.4, -0.2) is 36.8 Å². The highest BCUT2D eigenvalue weighted by molar-refractivity contribution is 7.87. The number of nitrogens with two attached hydrogens (primary N) is 1. The number of rotatable bonds is 4. The van der Waals surface area contributed by atoms with Crippen LogP contribution in [0.3, 0.4) is 0 Å². The number of nitrogens with zero attached hydrogens (tertiary/aromatic N) is 1. The molecule has 5 nitrogen and oxygen atoms in total. The summed E-state index contributed by atoms with van der Waals surface area (Å²) in [5, 5.41) is 0. The van der Waals surface area contributed by atoms with Crippen molar-refractivity contribution in [2.45, 2.75) is 32.7 Å². The first-order valence-corrected chi connectivity index (χ1v) is 7.24. The number of hydrogen-bond donors (Lipinski definition) is 2. The molecule has 1 atom stereocenters. The van der Waals surface area contributed by atoms with Gasteiger partial charge in [0.05, 0.1) is 4.99 Å². The van der Waals surface area contributed by atoms with Crippen LogP contribution in [0.4, 0.5) is 0 Å². The molecule has 3 N–H and O–H groups in total. The summed E-state index contributed by atoms with van der Waals surface area (Å²) in [7, 11) is -3.38. The lowest BCUT2D eigenvalue weighted by atomic mass is 10.0. The summed E-state index contributed by atoms with van der Waals surface area (Å²) in [6, 6.07) is -0.102. The van der Waals surface area contributed by atoms with Crippen LogP contribution in [0.15, 0.2) is 0 Å². The average Bonchev–Trinajstić information content (AvgIpc) is 2.16. The van der Waals surface area contributed by atoms with E-state index < -0.39 is 10.2 Å². The van der Waals surface area contributed by atoms with Crippen molar-refractivity contribution >= 4 is 27.4 Å². The van der Waals surface area contributed by atoms with E-state index in [1.807, 2.05) is 0 Å². The summed E-state index contributed by atoms with van der Waals surface area (Å²) in [5.41, 5.74) is 5.56. The molecule has 0 radical (unpaired) electrons. The number of nitrogens with one attached hydrogen (secondary N) is 1. The molecule has 1 rings (SSSR count). The van der Waals surface area contributed by atoms with Crippen molar-refractivity contribution in [3.8, 4) is 0 Å². The number of hydrogen-bond acceptors (Lipinski definition) is 3. The van der Waals surface area contributed by atoms with Gasteiger partial charge in [0.1, 0.15) is 0 Å². The molecule has 0 aromatic carbocycles. The molecular formula is C9H19N3O2S2. The normalized spacial score (nSPS) is 23.6. The summed E-state index contributed by atoms with van der Waals surface area (Å²) in [6.45, 7) is 4.54. The summed E-state index contributed by atoms with van der Waals surface area (Å²) < 4.78 is 27.8. The molecule has 0 saturated carbocycles. The standard InChI is InChI=1S/C9H19N3O2S2/c1-7(2)11-16(13,14)12-5-3-4-8(6-12)9(10)15/h7-8,11H,3-6H2,1-2H3,(H2,10,15). The summed E-state index contributed by atoms with van der Waals surface area (Å²) in [4.78, 5) is 0.407. The molecule has 7 heteroatoms. The molecule has 1 unspecified atom stereocenters. The Hall–Kier alpha value is -0.240. The topological polar surface area (TPSA) is 75.4 Å². The maximum absolute atomic E-state index is 11.9. The van der Waals surface area contributed by atoms with E-state index in [2.05, 4.69) is 4.72 Å². The second-order valence-corrected chi connectivity index (χ2v) is 6.55. The average molecular weight is 265 g/mol. The van der Waals surface area contributed by atoms with E-state index in [0.29, 0.717) is 18.1 Å². The van der Waals surface area contributed by atoms with Gasteiger partial charge in [0, 0.05) is 25.0 Å². The Labute approximate surface area is 103 Å². The van der Waals surface area contributed by atoms with Gasteiger partial charge in [0.15, 0.2) is 0 Å². The van der Waals surface area contributed by atoms with Crippen molar-refractivity contribution in [2.75, 3.05) is 13.1 Å². The lowest BCUT2D eigenvalue weighted by Gasteiger charge is -2.31. The van der Waals surface area contributed by atoms with Crippen LogP contribution in [0.25, 0.3) is 0 Å². The zero-order valence-corrected chi connectivity index (χ0v) is 11.3. The maximum Gasteiger partial charge on any atom is 0.279 e. The first-order chi connectivity index (χ1) is 7.33. The van der Waals surface area contributed by atoms with E-state index in [1.165, 1.54) is 4.31 Å². The molecular weight excluding hydrogens is 246 g/mol. The van der Waals surface area contributed by atoms with E-state index >= 15 is 0 Å². The molecule has 1 fully saturated rings. The molecule has 0 aromatic rings. The fraction of sp³-hybridized carbons (Fsp3) is 0.889. The van der Waals surface area contributed by atoms with Crippen LogP contribution < -0.4 is 10.5 Å². The molecule has 0 spiro atoms. The second kappa shape index (κ2) is 5.39. The number of thiocarbonyl (C=S) groups is 1. The Morgan fingerprint density at radius 1 is 1.56 bits per heavy atom. The quantitative estimate of drug-likeness (QED) is 0.713. The zero-order chi connectivity index (χ0) is 12.3. The fourth-order valence-electron chi connectivity index (χ4n) is 1.77. The molecule has 16 heavy (non-hydrogen) atoms. The predicted molar refractivity (Wildman–Crippen MR) is 68.3 cm³/mol. The van der Waals surface area contributed by atoms with E-state index in [9.17, 15) is 8.42 Å². The molecule has 94 valence electrons. The first kappa shape index (κ1) is 13.8. The van der Waals surface area contributed by atoms with Crippen LogP contribution >= 0.6 is 12.2 Å². The van der Waals surface area contributed by atoms with E-state index in [0.717, 1.165) is 12.8 Å². The van der Waals surface area contributed by atoms with Gasteiger partial charge >= 0.3 is 0 Å². The SMILES string of the molecule is CC(C)NS(=O)(=O)N1CCCC(C(N)=S)C1. The summed E-state index contributed by atoms with van der Waals surface area (Å²) in [5.74, 6) is 0.00693. The van der Waals surface area contributed by atoms with Crippen molar-refractivity contribution in [2.24, 2.45) is 11.7 Å². The molecule has 1 aliphatic rings. The second-order valence-electron chi connectivity index (χ2n) is 4.38. The Bertz CT molecular complexity index is 354. The largest absolute Gasteiger partial charge is 0.393 e. The van der Waals surface area contributed by atoms with Crippen LogP contribution in [-0.2, 0) is 10.2 Å². The van der Waals surface area contributed by atoms with E-state index in [4.69, 9.17) is 18.0 Å². The molecule has 1 saturated heterocycles. The smallest absolute Gasteiger partial charge is 0.279 e. The third kappa shape index (κ3) is 3.65. The van der Waals surface area contributed by atoms with Gasteiger partial charge in [-0.25, -0.2) is 0 Å². The van der Waals surface area contributed by atoms with Crippen molar-refractivity contribution in [1.29, 1.82) is 0 Å². The highest BCUT2D eigenvalue weighted by Crippen LogP contribution is 2.18. The van der Waals surface area contributed by atoms with Crippen LogP contribution in [0.5, 0.6) is 0 Å². The molecule has 1 heterocycles. The Morgan fingerprint density at radius 2 is 2.19 bits per heavy atom. The minimum atomic E-state index is -3.38. The van der Waals surface area contributed by atoms with Crippen LogP contribution in [0.1, 0.15) is 26.7 Å². The molecule has 0 aliphatic carbocycles. The van der Waals surface area contributed by atoms with Crippen LogP contribution in [0.2, 0.25) is 0 Å². The number of piperidine rings is 1. The van der Waals surface area contributed by atoms with Gasteiger partial charge in [-0.1, -0.05) is 12.2 Å². The van der Waals surface area contributed by atoms with Crippen molar-refractivity contribution < 1.29 is 8.42 Å². The van der Waals surface area contributed by atoms with Crippen molar-refractivity contribution in [3.63, 3.8) is 0 Å². The van der Waals surface area contributed by atoms with E-state index in [-0.39, 0.29) is 12.0 Å². The zero-order valence-electron chi connectivity index (χ0n) is 9.64. The first-order valence-electron chi connectivity index (χ1n) is 5.39. The monoisotopic (exact) mass is 265 g/mol. The maximum atomic E-state index is 11.9. The van der Waals surface area contributed by atoms with Gasteiger partial charge in [-0.05, 0) is 26.7 Å². The van der Waals surface area contributed by atoms with Gasteiger partial charge in [-0.3, -0.25) is 0 Å². The Kier molecular flexibility index (Phi) is 4.66. The van der Waals surface area contributed by atoms with Gasteiger partial charge in [-0.2, -0.15) is 17.4 Å². The lowest BCUT2D eigenvalue weighted by Crippen LogP contribution is -2.49. The molecule has 0 amide bonds. The van der Waals surface area contributed by atoms with E-state index in [1.54, 1.807) is 13.8 Å². The predicted octanol–water partition coefficient (Wildman–Crippen LogP) is 0.227. The van der Waals surface area contributed by atoms with Gasteiger partial charge in [0.25, 0.3) is 10.2 Å². The third-order valence-corrected chi connectivity index (χ3v) is 4.63. The molecule has 0 bridgehead atoms. The molecule has 1 aliphatic heterocycles. The van der Waals surface area contributed by atoms with Crippen molar-refractivity contribution in [1.82, 2.24) is 9.03 Å². The Balaban J connectivity index is 2.70. The van der Waals surface area contributed by atoms with Crippen LogP contribution in [0, 0.1) is 5.92 Å². The minimum absolute atomic E-state index is 0.00693.